The minimum Gasteiger partial charge on any atom is -0.338 e. The molecule has 2 unspecified atom stereocenters. The minimum atomic E-state index is 0. The van der Waals surface area contributed by atoms with Crippen molar-refractivity contribution >= 4 is 18.3 Å². The van der Waals surface area contributed by atoms with Gasteiger partial charge in [0.15, 0.2) is 0 Å². The molecule has 1 aliphatic heterocycles. The molecule has 0 radical (unpaired) electrons. The van der Waals surface area contributed by atoms with Crippen molar-refractivity contribution in [2.24, 2.45) is 11.7 Å². The first-order chi connectivity index (χ1) is 11.6. The second kappa shape index (κ2) is 8.50. The lowest BCUT2D eigenvalue weighted by Gasteiger charge is -2.34. The molecule has 0 saturated carbocycles. The highest BCUT2D eigenvalue weighted by atomic mass is 35.5. The van der Waals surface area contributed by atoms with E-state index in [-0.39, 0.29) is 24.4 Å². The second-order valence-corrected chi connectivity index (χ2v) is 6.80. The number of likely N-dealkylation sites (tertiary alicyclic amines) is 1. The van der Waals surface area contributed by atoms with Crippen LogP contribution in [0.5, 0.6) is 0 Å². The lowest BCUT2D eigenvalue weighted by molar-refractivity contribution is 0.0660. The molecule has 2 N–H and O–H groups in total. The number of hydrogen-bond donors (Lipinski definition) is 1. The maximum atomic E-state index is 12.9. The minimum absolute atomic E-state index is 0. The first-order valence-corrected chi connectivity index (χ1v) is 8.67. The van der Waals surface area contributed by atoms with Gasteiger partial charge < -0.3 is 10.6 Å². The first kappa shape index (κ1) is 19.5. The average Bonchev–Trinajstić information content (AvgIpc) is 2.96. The van der Waals surface area contributed by atoms with Crippen molar-refractivity contribution in [1.82, 2.24) is 14.7 Å². The van der Waals surface area contributed by atoms with Crippen LogP contribution in [0, 0.1) is 12.8 Å². The first-order valence-electron chi connectivity index (χ1n) is 8.67. The number of nitrogens with two attached hydrogens (primary N) is 1. The third-order valence-corrected chi connectivity index (χ3v) is 5.00. The Morgan fingerprint density at radius 3 is 2.76 bits per heavy atom. The van der Waals surface area contributed by atoms with Crippen LogP contribution in [0.4, 0.5) is 0 Å². The Labute approximate surface area is 155 Å². The molecule has 136 valence electrons. The molecule has 1 aromatic carbocycles. The van der Waals surface area contributed by atoms with E-state index >= 15 is 0 Å². The molecule has 2 heterocycles. The van der Waals surface area contributed by atoms with Crippen molar-refractivity contribution < 1.29 is 4.79 Å². The van der Waals surface area contributed by atoms with Gasteiger partial charge in [0.25, 0.3) is 5.91 Å². The zero-order valence-corrected chi connectivity index (χ0v) is 15.7. The fourth-order valence-corrected chi connectivity index (χ4v) is 3.37. The van der Waals surface area contributed by atoms with Gasteiger partial charge in [-0.2, -0.15) is 5.10 Å². The number of halogens is 1. The van der Waals surface area contributed by atoms with Crippen LogP contribution in [0.1, 0.15) is 41.4 Å². The molecule has 0 bridgehead atoms. The van der Waals surface area contributed by atoms with E-state index < -0.39 is 0 Å². The van der Waals surface area contributed by atoms with Gasteiger partial charge in [-0.1, -0.05) is 30.3 Å². The molecule has 25 heavy (non-hydrogen) atoms. The fraction of sp³-hybridized carbons (Fsp3) is 0.474. The van der Waals surface area contributed by atoms with Gasteiger partial charge in [0, 0.05) is 24.8 Å². The molecule has 2 atom stereocenters. The van der Waals surface area contributed by atoms with Gasteiger partial charge in [-0.05, 0) is 38.2 Å². The molecule has 0 aliphatic carbocycles. The van der Waals surface area contributed by atoms with Gasteiger partial charge >= 0.3 is 0 Å². The maximum Gasteiger partial charge on any atom is 0.257 e. The number of rotatable bonds is 4. The summed E-state index contributed by atoms with van der Waals surface area (Å²) in [6.45, 7) is 6.24. The van der Waals surface area contributed by atoms with Gasteiger partial charge in [0.2, 0.25) is 0 Å². The van der Waals surface area contributed by atoms with Crippen LogP contribution in [0.15, 0.2) is 36.5 Å². The van der Waals surface area contributed by atoms with Crippen molar-refractivity contribution in [2.45, 2.75) is 39.3 Å². The lowest BCUT2D eigenvalue weighted by Crippen LogP contribution is -2.45. The van der Waals surface area contributed by atoms with E-state index in [1.165, 1.54) is 5.56 Å². The van der Waals surface area contributed by atoms with Crippen LogP contribution in [-0.2, 0) is 6.54 Å². The van der Waals surface area contributed by atoms with Crippen molar-refractivity contribution in [3.05, 3.63) is 53.3 Å². The monoisotopic (exact) mass is 362 g/mol. The predicted octanol–water partition coefficient (Wildman–Crippen LogP) is 2.86. The van der Waals surface area contributed by atoms with Crippen LogP contribution < -0.4 is 5.73 Å². The molecule has 1 saturated heterocycles. The Bertz CT molecular complexity index is 699. The van der Waals surface area contributed by atoms with Gasteiger partial charge in [-0.25, -0.2) is 0 Å². The van der Waals surface area contributed by atoms with E-state index in [0.717, 1.165) is 31.6 Å². The zero-order valence-electron chi connectivity index (χ0n) is 14.9. The number of carbonyl (C=O) groups is 1. The van der Waals surface area contributed by atoms with E-state index in [9.17, 15) is 4.79 Å². The number of carbonyl (C=O) groups excluding carboxylic acids is 1. The maximum absolute atomic E-state index is 12.9. The highest BCUT2D eigenvalue weighted by Gasteiger charge is 2.28. The standard InChI is InChI=1S/C19H26N4O.ClH/c1-14(20)17-9-6-10-22(13-17)19(24)18-11-21-23(15(18)2)12-16-7-4-3-5-8-16;/h3-5,7-8,11,14,17H,6,9-10,12-13,20H2,1-2H3;1H. The number of hydrogen-bond acceptors (Lipinski definition) is 3. The molecule has 2 aromatic rings. The fourth-order valence-electron chi connectivity index (χ4n) is 3.37. The summed E-state index contributed by atoms with van der Waals surface area (Å²) < 4.78 is 1.90. The van der Waals surface area contributed by atoms with Crippen molar-refractivity contribution in [1.29, 1.82) is 0 Å². The van der Waals surface area contributed by atoms with E-state index in [2.05, 4.69) is 17.2 Å². The van der Waals surface area contributed by atoms with Gasteiger partial charge in [0.1, 0.15) is 0 Å². The van der Waals surface area contributed by atoms with Gasteiger partial charge in [-0.3, -0.25) is 9.48 Å². The Hall–Kier alpha value is -1.85. The van der Waals surface area contributed by atoms with Crippen molar-refractivity contribution in [3.63, 3.8) is 0 Å². The van der Waals surface area contributed by atoms with Gasteiger partial charge in [-0.15, -0.1) is 12.4 Å². The summed E-state index contributed by atoms with van der Waals surface area (Å²) in [4.78, 5) is 14.8. The van der Waals surface area contributed by atoms with Crippen molar-refractivity contribution in [2.75, 3.05) is 13.1 Å². The molecular formula is C19H27ClN4O. The van der Waals surface area contributed by atoms with Crippen LogP contribution in [0.3, 0.4) is 0 Å². The third-order valence-electron chi connectivity index (χ3n) is 5.00. The molecule has 3 rings (SSSR count). The largest absolute Gasteiger partial charge is 0.338 e. The van der Waals surface area contributed by atoms with E-state index in [4.69, 9.17) is 5.73 Å². The Morgan fingerprint density at radius 1 is 1.36 bits per heavy atom. The third kappa shape index (κ3) is 4.41. The highest BCUT2D eigenvalue weighted by molar-refractivity contribution is 5.95. The average molecular weight is 363 g/mol. The van der Waals surface area contributed by atoms with E-state index in [1.54, 1.807) is 6.20 Å². The molecule has 1 fully saturated rings. The van der Waals surface area contributed by atoms with E-state index in [1.807, 2.05) is 41.6 Å². The van der Waals surface area contributed by atoms with E-state index in [0.29, 0.717) is 18.0 Å². The Kier molecular flexibility index (Phi) is 6.62. The molecule has 0 spiro atoms. The Balaban J connectivity index is 0.00000225. The summed E-state index contributed by atoms with van der Waals surface area (Å²) in [6.07, 6.45) is 3.83. The Morgan fingerprint density at radius 2 is 2.08 bits per heavy atom. The summed E-state index contributed by atoms with van der Waals surface area (Å²) in [5.74, 6) is 0.472. The van der Waals surface area contributed by atoms with Crippen LogP contribution in [0.25, 0.3) is 0 Å². The SMILES string of the molecule is Cc1c(C(=O)N2CCCC(C(C)N)C2)cnn1Cc1ccccc1.Cl. The lowest BCUT2D eigenvalue weighted by atomic mass is 9.92. The summed E-state index contributed by atoms with van der Waals surface area (Å²) in [5, 5.41) is 4.43. The zero-order chi connectivity index (χ0) is 17.1. The number of benzene rings is 1. The molecule has 5 nitrogen and oxygen atoms in total. The van der Waals surface area contributed by atoms with Crippen molar-refractivity contribution in [3.8, 4) is 0 Å². The normalized spacial score (nSPS) is 18.5. The molecular weight excluding hydrogens is 336 g/mol. The highest BCUT2D eigenvalue weighted by Crippen LogP contribution is 2.21. The summed E-state index contributed by atoms with van der Waals surface area (Å²) in [5.41, 5.74) is 8.84. The van der Waals surface area contributed by atoms with Crippen LogP contribution in [0.2, 0.25) is 0 Å². The second-order valence-electron chi connectivity index (χ2n) is 6.80. The van der Waals surface area contributed by atoms with Crippen LogP contribution in [-0.4, -0.2) is 39.7 Å². The van der Waals surface area contributed by atoms with Crippen LogP contribution >= 0.6 is 12.4 Å². The van der Waals surface area contributed by atoms with Gasteiger partial charge in [0.05, 0.1) is 18.3 Å². The smallest absolute Gasteiger partial charge is 0.257 e. The molecule has 6 heteroatoms. The topological polar surface area (TPSA) is 64.2 Å². The molecule has 1 aliphatic rings. The number of piperidine rings is 1. The molecule has 1 amide bonds. The quantitative estimate of drug-likeness (QED) is 0.909. The number of aromatic nitrogens is 2. The number of amides is 1. The summed E-state index contributed by atoms with van der Waals surface area (Å²) in [6, 6.07) is 10.3. The summed E-state index contributed by atoms with van der Waals surface area (Å²) >= 11 is 0. The molecule has 1 aromatic heterocycles. The predicted molar refractivity (Wildman–Crippen MR) is 102 cm³/mol. The number of nitrogens with zero attached hydrogens (tertiary/aromatic N) is 3. The summed E-state index contributed by atoms with van der Waals surface area (Å²) in [7, 11) is 0.